The third-order valence-corrected chi connectivity index (χ3v) is 5.48. The van der Waals surface area contributed by atoms with Gasteiger partial charge in [-0.05, 0) is 12.8 Å². The summed E-state index contributed by atoms with van der Waals surface area (Å²) in [7, 11) is 0. The number of rotatable bonds is 6. The number of allylic oxidation sites excluding steroid dienone is 4. The van der Waals surface area contributed by atoms with E-state index >= 15 is 0 Å². The van der Waals surface area contributed by atoms with E-state index in [1.54, 1.807) is 0 Å². The van der Waals surface area contributed by atoms with Gasteiger partial charge in [0, 0.05) is 15.5 Å². The first kappa shape index (κ1) is 15.7. The third-order valence-electron chi connectivity index (χ3n) is 3.33. The second-order valence-electron chi connectivity index (χ2n) is 4.55. The molecule has 17 heavy (non-hydrogen) atoms. The van der Waals surface area contributed by atoms with Gasteiger partial charge in [0.1, 0.15) is 0 Å². The zero-order chi connectivity index (χ0) is 13.1. The van der Waals surface area contributed by atoms with Crippen LogP contribution in [0.3, 0.4) is 0 Å². The Balaban J connectivity index is 3.05. The fourth-order valence-corrected chi connectivity index (χ4v) is 3.68. The van der Waals surface area contributed by atoms with Crippen molar-refractivity contribution in [1.29, 1.82) is 0 Å². The lowest BCUT2D eigenvalue weighted by atomic mass is 9.79. The van der Waals surface area contributed by atoms with Crippen molar-refractivity contribution >= 4 is 46.4 Å². The topological polar surface area (TPSA) is 0 Å². The summed E-state index contributed by atoms with van der Waals surface area (Å²) in [6, 6.07) is 0. The Morgan fingerprint density at radius 3 is 1.41 bits per heavy atom. The van der Waals surface area contributed by atoms with E-state index in [1.165, 1.54) is 0 Å². The summed E-state index contributed by atoms with van der Waals surface area (Å²) in [6.45, 7) is 4.31. The molecule has 0 amide bonds. The van der Waals surface area contributed by atoms with Crippen LogP contribution in [0.2, 0.25) is 0 Å². The smallest absolute Gasteiger partial charge is 0.0759 e. The van der Waals surface area contributed by atoms with Gasteiger partial charge in [0.15, 0.2) is 0 Å². The van der Waals surface area contributed by atoms with Crippen LogP contribution in [0.25, 0.3) is 0 Å². The normalized spacial score (nSPS) is 19.4. The molecule has 0 saturated heterocycles. The minimum atomic E-state index is -0.316. The molecule has 0 nitrogen and oxygen atoms in total. The molecule has 1 aliphatic carbocycles. The highest BCUT2D eigenvalue weighted by Crippen LogP contribution is 2.58. The minimum absolute atomic E-state index is 0.316. The molecule has 4 heteroatoms. The average molecular weight is 316 g/mol. The Kier molecular flexibility index (Phi) is 6.19. The van der Waals surface area contributed by atoms with Crippen molar-refractivity contribution in [2.24, 2.45) is 5.41 Å². The van der Waals surface area contributed by atoms with E-state index in [0.29, 0.717) is 20.1 Å². The van der Waals surface area contributed by atoms with Gasteiger partial charge in [-0.3, -0.25) is 0 Å². The van der Waals surface area contributed by atoms with Crippen LogP contribution < -0.4 is 0 Å². The van der Waals surface area contributed by atoms with Gasteiger partial charge in [0.2, 0.25) is 0 Å². The first-order valence-corrected chi connectivity index (χ1v) is 7.64. The highest BCUT2D eigenvalue weighted by Gasteiger charge is 2.44. The number of hydrogen-bond donors (Lipinski definition) is 0. The summed E-state index contributed by atoms with van der Waals surface area (Å²) < 4.78 is 0. The van der Waals surface area contributed by atoms with E-state index in [4.69, 9.17) is 46.4 Å². The molecule has 0 aliphatic heterocycles. The molecule has 0 spiro atoms. The average Bonchev–Trinajstić information content (AvgIpc) is 2.49. The van der Waals surface area contributed by atoms with Crippen LogP contribution in [0, 0.1) is 5.41 Å². The van der Waals surface area contributed by atoms with Crippen molar-refractivity contribution in [3.63, 3.8) is 0 Å². The van der Waals surface area contributed by atoms with E-state index in [-0.39, 0.29) is 5.41 Å². The largest absolute Gasteiger partial charge is 0.0864 e. The highest BCUT2D eigenvalue weighted by atomic mass is 35.5. The van der Waals surface area contributed by atoms with Crippen LogP contribution in [0.5, 0.6) is 0 Å². The van der Waals surface area contributed by atoms with Crippen molar-refractivity contribution in [3.05, 3.63) is 20.1 Å². The summed E-state index contributed by atoms with van der Waals surface area (Å²) in [5, 5.41) is 2.14. The Bertz CT molecular complexity index is 307. The SMILES string of the molecule is CCCCC1(CCCC)C(Cl)=C(Cl)C(Cl)=C1Cl. The standard InChI is InChI=1S/C13H18Cl4/c1-3-5-7-13(8-6-4-2)11(16)9(14)10(15)12(13)17/h3-8H2,1-2H3. The number of hydrogen-bond acceptors (Lipinski definition) is 0. The van der Waals surface area contributed by atoms with Gasteiger partial charge < -0.3 is 0 Å². The molecule has 0 heterocycles. The molecule has 1 rings (SSSR count). The van der Waals surface area contributed by atoms with Gasteiger partial charge in [0.05, 0.1) is 10.1 Å². The van der Waals surface area contributed by atoms with Crippen molar-refractivity contribution in [3.8, 4) is 0 Å². The predicted molar refractivity (Wildman–Crippen MR) is 78.9 cm³/mol. The van der Waals surface area contributed by atoms with Crippen molar-refractivity contribution in [2.45, 2.75) is 52.4 Å². The molecular formula is C13H18Cl4. The Hall–Kier alpha value is 0.640. The van der Waals surface area contributed by atoms with Crippen LogP contribution in [0.1, 0.15) is 52.4 Å². The van der Waals surface area contributed by atoms with E-state index in [1.807, 2.05) is 0 Å². The van der Waals surface area contributed by atoms with Crippen LogP contribution in [0.15, 0.2) is 20.1 Å². The fourth-order valence-electron chi connectivity index (χ4n) is 2.23. The fraction of sp³-hybridized carbons (Fsp3) is 0.692. The van der Waals surface area contributed by atoms with E-state index in [9.17, 15) is 0 Å². The van der Waals surface area contributed by atoms with Crippen molar-refractivity contribution in [2.75, 3.05) is 0 Å². The molecule has 0 saturated carbocycles. The molecule has 0 bridgehead atoms. The second-order valence-corrected chi connectivity index (χ2v) is 6.06. The molecule has 0 unspecified atom stereocenters. The minimum Gasteiger partial charge on any atom is -0.0864 e. The lowest BCUT2D eigenvalue weighted by Gasteiger charge is -2.30. The maximum absolute atomic E-state index is 6.38. The maximum Gasteiger partial charge on any atom is 0.0759 e. The van der Waals surface area contributed by atoms with Crippen LogP contribution in [0.4, 0.5) is 0 Å². The molecule has 0 radical (unpaired) electrons. The van der Waals surface area contributed by atoms with Crippen LogP contribution in [-0.4, -0.2) is 0 Å². The van der Waals surface area contributed by atoms with Gasteiger partial charge in [0.25, 0.3) is 0 Å². The maximum atomic E-state index is 6.38. The molecule has 0 N–H and O–H groups in total. The molecule has 0 aromatic carbocycles. The second kappa shape index (κ2) is 6.70. The zero-order valence-electron chi connectivity index (χ0n) is 10.3. The van der Waals surface area contributed by atoms with Gasteiger partial charge in [-0.25, -0.2) is 0 Å². The first-order chi connectivity index (χ1) is 8.01. The molecule has 1 aliphatic rings. The lowest BCUT2D eigenvalue weighted by molar-refractivity contribution is 0.374. The van der Waals surface area contributed by atoms with Crippen LogP contribution in [-0.2, 0) is 0 Å². The van der Waals surface area contributed by atoms with Gasteiger partial charge >= 0.3 is 0 Å². The van der Waals surface area contributed by atoms with E-state index < -0.39 is 0 Å². The number of halogens is 4. The van der Waals surface area contributed by atoms with Crippen molar-refractivity contribution < 1.29 is 0 Å². The first-order valence-electron chi connectivity index (χ1n) is 6.13. The highest BCUT2D eigenvalue weighted by molar-refractivity contribution is 6.53. The predicted octanol–water partition coefficient (Wildman–Crippen LogP) is 6.75. The summed E-state index contributed by atoms with van der Waals surface area (Å²) in [5.74, 6) is 0. The zero-order valence-corrected chi connectivity index (χ0v) is 13.3. The Morgan fingerprint density at radius 2 is 1.12 bits per heavy atom. The molecule has 98 valence electrons. The van der Waals surface area contributed by atoms with E-state index in [0.717, 1.165) is 38.5 Å². The molecular weight excluding hydrogens is 298 g/mol. The summed E-state index contributed by atoms with van der Waals surface area (Å²) in [5.41, 5.74) is -0.316. The van der Waals surface area contributed by atoms with Gasteiger partial charge in [-0.1, -0.05) is 85.9 Å². The number of unbranched alkanes of at least 4 members (excludes halogenated alkanes) is 2. The monoisotopic (exact) mass is 314 g/mol. The lowest BCUT2D eigenvalue weighted by Crippen LogP contribution is -2.20. The third kappa shape index (κ3) is 2.97. The summed E-state index contributed by atoms with van der Waals surface area (Å²) in [4.78, 5) is 0. The summed E-state index contributed by atoms with van der Waals surface area (Å²) >= 11 is 25.0. The van der Waals surface area contributed by atoms with Gasteiger partial charge in [-0.2, -0.15) is 0 Å². The quantitative estimate of drug-likeness (QED) is 0.508. The Labute approximate surface area is 124 Å². The van der Waals surface area contributed by atoms with Crippen LogP contribution >= 0.6 is 46.4 Å². The molecule has 0 aromatic rings. The van der Waals surface area contributed by atoms with E-state index in [2.05, 4.69) is 13.8 Å². The molecule has 0 fully saturated rings. The van der Waals surface area contributed by atoms with Crippen molar-refractivity contribution in [1.82, 2.24) is 0 Å². The summed E-state index contributed by atoms with van der Waals surface area (Å²) in [6.07, 6.45) is 6.21. The molecule has 0 aromatic heterocycles. The molecule has 0 atom stereocenters. The van der Waals surface area contributed by atoms with Gasteiger partial charge in [-0.15, -0.1) is 0 Å². The Morgan fingerprint density at radius 1 is 0.765 bits per heavy atom.